The van der Waals surface area contributed by atoms with Gasteiger partial charge in [-0.2, -0.15) is 0 Å². The molecule has 5 heteroatoms. The van der Waals surface area contributed by atoms with Gasteiger partial charge in [0, 0.05) is 16.0 Å². The fourth-order valence-corrected chi connectivity index (χ4v) is 4.44. The number of carbonyl (C=O) groups is 2. The summed E-state index contributed by atoms with van der Waals surface area (Å²) in [6, 6.07) is 7.85. The first-order valence-electron chi connectivity index (χ1n) is 9.16. The number of fused-ring (bicyclic) bond motifs is 1. The van der Waals surface area contributed by atoms with Gasteiger partial charge in [0.1, 0.15) is 5.00 Å². The van der Waals surface area contributed by atoms with Crippen LogP contribution in [0, 0.1) is 5.41 Å². The molecule has 1 aromatic heterocycles. The van der Waals surface area contributed by atoms with E-state index >= 15 is 0 Å². The van der Waals surface area contributed by atoms with Gasteiger partial charge in [0.15, 0.2) is 0 Å². The molecule has 1 aliphatic carbocycles. The van der Waals surface area contributed by atoms with Crippen LogP contribution >= 0.6 is 11.3 Å². The van der Waals surface area contributed by atoms with Crippen LogP contribution in [0.5, 0.6) is 0 Å². The first-order valence-corrected chi connectivity index (χ1v) is 9.98. The zero-order valence-corrected chi connectivity index (χ0v) is 16.7. The third-order valence-electron chi connectivity index (χ3n) is 4.70. The number of hydrogen-bond acceptors (Lipinski definition) is 3. The Morgan fingerprint density at radius 1 is 1.12 bits per heavy atom. The monoisotopic (exact) mass is 370 g/mol. The van der Waals surface area contributed by atoms with Crippen LogP contribution in [0.3, 0.4) is 0 Å². The van der Waals surface area contributed by atoms with E-state index in [1.807, 2.05) is 45.0 Å². The molecule has 2 amide bonds. The molecule has 0 radical (unpaired) electrons. The molecule has 1 aliphatic rings. The Morgan fingerprint density at radius 2 is 1.85 bits per heavy atom. The van der Waals surface area contributed by atoms with Crippen LogP contribution in [0.2, 0.25) is 0 Å². The quantitative estimate of drug-likeness (QED) is 0.792. The summed E-state index contributed by atoms with van der Waals surface area (Å²) < 4.78 is 0. The van der Waals surface area contributed by atoms with Gasteiger partial charge in [-0.05, 0) is 42.9 Å². The molecule has 0 saturated carbocycles. The minimum atomic E-state index is -0.503. The minimum Gasteiger partial charge on any atom is -0.322 e. The summed E-state index contributed by atoms with van der Waals surface area (Å²) in [5.74, 6) is -0.199. The van der Waals surface area contributed by atoms with Crippen molar-refractivity contribution >= 4 is 33.8 Å². The number of anilines is 2. The van der Waals surface area contributed by atoms with Crippen molar-refractivity contribution in [1.29, 1.82) is 0 Å². The van der Waals surface area contributed by atoms with Crippen LogP contribution in [0.1, 0.15) is 60.5 Å². The lowest BCUT2D eigenvalue weighted by molar-refractivity contribution is -0.123. The highest BCUT2D eigenvalue weighted by molar-refractivity contribution is 7.17. The first-order chi connectivity index (χ1) is 12.3. The highest BCUT2D eigenvalue weighted by Crippen LogP contribution is 2.40. The number of nitrogens with one attached hydrogen (secondary N) is 2. The summed E-state index contributed by atoms with van der Waals surface area (Å²) >= 11 is 1.55. The van der Waals surface area contributed by atoms with E-state index in [2.05, 4.69) is 17.6 Å². The molecular weight excluding hydrogens is 344 g/mol. The Kier molecular flexibility index (Phi) is 5.19. The van der Waals surface area contributed by atoms with E-state index in [4.69, 9.17) is 0 Å². The minimum absolute atomic E-state index is 0.0690. The fraction of sp³-hybridized carbons (Fsp3) is 0.429. The molecule has 26 heavy (non-hydrogen) atoms. The van der Waals surface area contributed by atoms with Gasteiger partial charge in [-0.15, -0.1) is 11.3 Å². The van der Waals surface area contributed by atoms with Gasteiger partial charge < -0.3 is 10.6 Å². The summed E-state index contributed by atoms with van der Waals surface area (Å²) in [5, 5.41) is 6.74. The van der Waals surface area contributed by atoms with Gasteiger partial charge in [-0.1, -0.05) is 45.9 Å². The highest BCUT2D eigenvalue weighted by Gasteiger charge is 2.30. The lowest BCUT2D eigenvalue weighted by Gasteiger charge is -2.18. The van der Waals surface area contributed by atoms with Crippen molar-refractivity contribution in [3.05, 3.63) is 45.8 Å². The number of benzene rings is 1. The van der Waals surface area contributed by atoms with Crippen LogP contribution in [-0.2, 0) is 24.1 Å². The summed E-state index contributed by atoms with van der Waals surface area (Å²) in [5.41, 5.74) is 3.19. The molecule has 0 bridgehead atoms. The summed E-state index contributed by atoms with van der Waals surface area (Å²) in [6.07, 6.45) is 3.80. The van der Waals surface area contributed by atoms with E-state index in [1.54, 1.807) is 11.3 Å². The first kappa shape index (κ1) is 18.6. The van der Waals surface area contributed by atoms with Gasteiger partial charge in [-0.3, -0.25) is 9.59 Å². The van der Waals surface area contributed by atoms with Crippen LogP contribution in [0.4, 0.5) is 10.7 Å². The van der Waals surface area contributed by atoms with Gasteiger partial charge in [0.05, 0.1) is 5.56 Å². The van der Waals surface area contributed by atoms with Gasteiger partial charge in [0.25, 0.3) is 5.91 Å². The van der Waals surface area contributed by atoms with Crippen molar-refractivity contribution < 1.29 is 9.59 Å². The van der Waals surface area contributed by atoms with Crippen LogP contribution in [0.15, 0.2) is 24.3 Å². The maximum atomic E-state index is 13.1. The van der Waals surface area contributed by atoms with Crippen molar-refractivity contribution in [1.82, 2.24) is 0 Å². The van der Waals surface area contributed by atoms with Crippen molar-refractivity contribution in [2.24, 2.45) is 5.41 Å². The topological polar surface area (TPSA) is 58.2 Å². The maximum Gasteiger partial charge on any atom is 0.258 e. The average Bonchev–Trinajstić information content (AvgIpc) is 3.14. The molecule has 4 nitrogen and oxygen atoms in total. The third kappa shape index (κ3) is 3.68. The average molecular weight is 371 g/mol. The fourth-order valence-electron chi connectivity index (χ4n) is 3.16. The van der Waals surface area contributed by atoms with E-state index in [1.165, 1.54) is 4.88 Å². The molecule has 3 rings (SSSR count). The Bertz CT molecular complexity index is 846. The van der Waals surface area contributed by atoms with Crippen molar-refractivity contribution in [2.75, 3.05) is 10.6 Å². The summed E-state index contributed by atoms with van der Waals surface area (Å²) in [6.45, 7) is 7.70. The second-order valence-corrected chi connectivity index (χ2v) is 8.84. The van der Waals surface area contributed by atoms with E-state index in [0.717, 1.165) is 42.5 Å². The number of carbonyl (C=O) groups excluding carboxylic acids is 2. The zero-order valence-electron chi connectivity index (χ0n) is 15.9. The molecule has 0 saturated heterocycles. The summed E-state index contributed by atoms with van der Waals surface area (Å²) in [7, 11) is 0. The Hall–Kier alpha value is -2.14. The number of rotatable bonds is 4. The number of thiophene rings is 1. The predicted octanol–water partition coefficient (Wildman–Crippen LogP) is 5.04. The second-order valence-electron chi connectivity index (χ2n) is 7.73. The zero-order chi connectivity index (χ0) is 18.9. The molecule has 1 aromatic carbocycles. The third-order valence-corrected chi connectivity index (χ3v) is 5.91. The van der Waals surface area contributed by atoms with Crippen molar-refractivity contribution in [3.63, 3.8) is 0 Å². The van der Waals surface area contributed by atoms with Gasteiger partial charge in [-0.25, -0.2) is 0 Å². The molecule has 2 N–H and O–H groups in total. The lowest BCUT2D eigenvalue weighted by Crippen LogP contribution is -2.28. The smallest absolute Gasteiger partial charge is 0.258 e. The SMILES string of the molecule is CCc1ccccc1NC(=O)c1c(NC(=O)C(C)(C)C)sc2c1CCC2. The molecule has 138 valence electrons. The van der Waals surface area contributed by atoms with E-state index in [0.29, 0.717) is 10.6 Å². The largest absolute Gasteiger partial charge is 0.322 e. The molecular formula is C21H26N2O2S. The standard InChI is InChI=1S/C21H26N2O2S/c1-5-13-9-6-7-11-15(13)22-18(24)17-14-10-8-12-16(14)26-19(17)23-20(25)21(2,3)4/h6-7,9,11H,5,8,10,12H2,1-4H3,(H,22,24)(H,23,25). The van der Waals surface area contributed by atoms with E-state index in [-0.39, 0.29) is 11.8 Å². The Morgan fingerprint density at radius 3 is 2.54 bits per heavy atom. The number of aryl methyl sites for hydroxylation is 2. The maximum absolute atomic E-state index is 13.1. The Labute approximate surface area is 159 Å². The second kappa shape index (κ2) is 7.23. The summed E-state index contributed by atoms with van der Waals surface area (Å²) in [4.78, 5) is 26.8. The molecule has 0 aliphatic heterocycles. The molecule has 0 fully saturated rings. The lowest BCUT2D eigenvalue weighted by atomic mass is 9.95. The van der Waals surface area contributed by atoms with Crippen molar-refractivity contribution in [3.8, 4) is 0 Å². The van der Waals surface area contributed by atoms with Gasteiger partial charge in [0.2, 0.25) is 5.91 Å². The number of amides is 2. The number of para-hydroxylation sites is 1. The molecule has 0 spiro atoms. The van der Waals surface area contributed by atoms with Crippen LogP contribution in [-0.4, -0.2) is 11.8 Å². The van der Waals surface area contributed by atoms with Gasteiger partial charge >= 0.3 is 0 Å². The molecule has 1 heterocycles. The molecule has 2 aromatic rings. The predicted molar refractivity (Wildman–Crippen MR) is 108 cm³/mol. The number of hydrogen-bond donors (Lipinski definition) is 2. The van der Waals surface area contributed by atoms with Crippen LogP contribution in [0.25, 0.3) is 0 Å². The van der Waals surface area contributed by atoms with E-state index < -0.39 is 5.41 Å². The Balaban J connectivity index is 1.93. The van der Waals surface area contributed by atoms with Crippen LogP contribution < -0.4 is 10.6 Å². The normalized spacial score (nSPS) is 13.4. The van der Waals surface area contributed by atoms with Crippen molar-refractivity contribution in [2.45, 2.75) is 53.4 Å². The molecule has 0 unspecified atom stereocenters. The molecule has 0 atom stereocenters. The van der Waals surface area contributed by atoms with E-state index in [9.17, 15) is 9.59 Å². The highest BCUT2D eigenvalue weighted by atomic mass is 32.1.